The quantitative estimate of drug-likeness (QED) is 0.367. The van der Waals surface area contributed by atoms with Gasteiger partial charge in [0.2, 0.25) is 8.07 Å². The summed E-state index contributed by atoms with van der Waals surface area (Å²) in [7, 11) is -1.89. The molecule has 0 fully saturated rings. The summed E-state index contributed by atoms with van der Waals surface area (Å²) in [6, 6.07) is 17.2. The maximum atomic E-state index is 3.45. The molecule has 140 valence electrons. The molecule has 0 N–H and O–H groups in total. The van der Waals surface area contributed by atoms with E-state index in [1.54, 1.807) is 0 Å². The van der Waals surface area contributed by atoms with Crippen molar-refractivity contribution in [3.8, 4) is 22.9 Å². The number of rotatable bonds is 0. The van der Waals surface area contributed by atoms with Crippen LogP contribution in [0, 0.1) is 22.9 Å². The second-order valence-electron chi connectivity index (χ2n) is 9.78. The maximum Gasteiger partial charge on any atom is 0.211 e. The van der Waals surface area contributed by atoms with Crippen LogP contribution >= 0.6 is 0 Å². The van der Waals surface area contributed by atoms with Crippen molar-refractivity contribution in [1.82, 2.24) is 0 Å². The fraction of sp³-hybridized carbons (Fsp3) is 0.385. The molecule has 0 saturated carbocycles. The second kappa shape index (κ2) is 7.80. The summed E-state index contributed by atoms with van der Waals surface area (Å²) in [6.07, 6.45) is 0. The zero-order chi connectivity index (χ0) is 20.3. The summed E-state index contributed by atoms with van der Waals surface area (Å²) < 4.78 is 0. The van der Waals surface area contributed by atoms with E-state index >= 15 is 0 Å². The minimum absolute atomic E-state index is 0.175. The van der Waals surface area contributed by atoms with Gasteiger partial charge in [-0.05, 0) is 59.3 Å². The maximum absolute atomic E-state index is 3.45. The molecule has 2 aromatic rings. The SMILES string of the molecule is CC(C)(C)c1ccc(C#C[Si](C)(C)C#Cc2ccc(C(C)(C)C)cc2)cc1. The number of benzene rings is 2. The Bertz CT molecular complexity index is 814. The van der Waals surface area contributed by atoms with E-state index in [0.717, 1.165) is 11.1 Å². The molecule has 0 saturated heterocycles. The second-order valence-corrected chi connectivity index (χ2v) is 13.5. The van der Waals surface area contributed by atoms with Gasteiger partial charge in [-0.2, -0.15) is 0 Å². The van der Waals surface area contributed by atoms with Gasteiger partial charge >= 0.3 is 0 Å². The van der Waals surface area contributed by atoms with Gasteiger partial charge in [0, 0.05) is 11.1 Å². The standard InChI is InChI=1S/C26H32Si/c1-25(2,3)23-13-9-21(10-14-23)17-19-27(7,8)20-18-22-11-15-24(16-12-22)26(4,5)6/h9-16H,1-8H3. The average Bonchev–Trinajstić information content (AvgIpc) is 2.58. The van der Waals surface area contributed by atoms with Crippen LogP contribution in [0.25, 0.3) is 0 Å². The molecule has 0 nitrogen and oxygen atoms in total. The van der Waals surface area contributed by atoms with Gasteiger partial charge in [0.05, 0.1) is 0 Å². The summed E-state index contributed by atoms with van der Waals surface area (Å²) in [5, 5.41) is 0. The third-order valence-electron chi connectivity index (χ3n) is 4.54. The number of hydrogen-bond acceptors (Lipinski definition) is 0. The van der Waals surface area contributed by atoms with E-state index in [9.17, 15) is 0 Å². The highest BCUT2D eigenvalue weighted by atomic mass is 28.3. The van der Waals surface area contributed by atoms with Crippen molar-refractivity contribution in [2.24, 2.45) is 0 Å². The van der Waals surface area contributed by atoms with Crippen LogP contribution < -0.4 is 0 Å². The van der Waals surface area contributed by atoms with E-state index in [1.807, 2.05) is 0 Å². The predicted octanol–water partition coefficient (Wildman–Crippen LogP) is 6.47. The van der Waals surface area contributed by atoms with Gasteiger partial charge in [-0.25, -0.2) is 0 Å². The molecule has 0 aromatic heterocycles. The van der Waals surface area contributed by atoms with Crippen molar-refractivity contribution < 1.29 is 0 Å². The molecule has 0 unspecified atom stereocenters. The van der Waals surface area contributed by atoms with Crippen molar-refractivity contribution in [1.29, 1.82) is 0 Å². The zero-order valence-electron chi connectivity index (χ0n) is 18.1. The highest BCUT2D eigenvalue weighted by Gasteiger charge is 2.15. The Morgan fingerprint density at radius 2 is 0.852 bits per heavy atom. The van der Waals surface area contributed by atoms with Crippen LogP contribution in [-0.4, -0.2) is 8.07 Å². The fourth-order valence-corrected chi connectivity index (χ4v) is 3.57. The van der Waals surface area contributed by atoms with Crippen molar-refractivity contribution >= 4 is 8.07 Å². The molecule has 0 amide bonds. The Labute approximate surface area is 167 Å². The first-order valence-corrected chi connectivity index (χ1v) is 12.6. The summed E-state index contributed by atoms with van der Waals surface area (Å²) in [6.45, 7) is 17.8. The van der Waals surface area contributed by atoms with Crippen molar-refractivity contribution in [3.63, 3.8) is 0 Å². The van der Waals surface area contributed by atoms with Crippen LogP contribution in [0.3, 0.4) is 0 Å². The molecule has 0 aliphatic carbocycles. The summed E-state index contributed by atoms with van der Waals surface area (Å²) >= 11 is 0. The van der Waals surface area contributed by atoms with Gasteiger partial charge < -0.3 is 0 Å². The molecular formula is C26H32Si. The smallest absolute Gasteiger partial charge is 0.111 e. The molecule has 1 heteroatoms. The lowest BCUT2D eigenvalue weighted by Gasteiger charge is -2.18. The average molecular weight is 373 g/mol. The normalized spacial score (nSPS) is 11.9. The van der Waals surface area contributed by atoms with Gasteiger partial charge in [0.1, 0.15) is 0 Å². The van der Waals surface area contributed by atoms with Crippen molar-refractivity contribution in [2.75, 3.05) is 0 Å². The van der Waals surface area contributed by atoms with Gasteiger partial charge in [0.25, 0.3) is 0 Å². The van der Waals surface area contributed by atoms with Crippen LogP contribution in [0.1, 0.15) is 63.8 Å². The van der Waals surface area contributed by atoms with Crippen LogP contribution in [0.5, 0.6) is 0 Å². The Balaban J connectivity index is 2.15. The third kappa shape index (κ3) is 6.46. The van der Waals surface area contributed by atoms with Crippen molar-refractivity contribution in [2.45, 2.75) is 65.5 Å². The molecule has 0 aliphatic heterocycles. The van der Waals surface area contributed by atoms with Crippen LogP contribution in [-0.2, 0) is 10.8 Å². The molecular weight excluding hydrogens is 340 g/mol. The van der Waals surface area contributed by atoms with Crippen LogP contribution in [0.15, 0.2) is 48.5 Å². The monoisotopic (exact) mass is 372 g/mol. The van der Waals surface area contributed by atoms with Crippen molar-refractivity contribution in [3.05, 3.63) is 70.8 Å². The minimum Gasteiger partial charge on any atom is -0.111 e. The molecule has 2 rings (SSSR count). The molecule has 0 aliphatic rings. The first kappa shape index (κ1) is 21.1. The summed E-state index contributed by atoms with van der Waals surface area (Å²) in [4.78, 5) is 0. The van der Waals surface area contributed by atoms with Gasteiger partial charge in [-0.3, -0.25) is 0 Å². The van der Waals surface area contributed by atoms with Gasteiger partial charge in [-0.15, -0.1) is 11.1 Å². The number of hydrogen-bond donors (Lipinski definition) is 0. The fourth-order valence-electron chi connectivity index (χ4n) is 2.60. The Kier molecular flexibility index (Phi) is 6.09. The van der Waals surface area contributed by atoms with Crippen LogP contribution in [0.2, 0.25) is 13.1 Å². The molecule has 0 heterocycles. The molecule has 0 spiro atoms. The lowest BCUT2D eigenvalue weighted by molar-refractivity contribution is 0.590. The molecule has 0 bridgehead atoms. The van der Waals surface area contributed by atoms with Crippen LogP contribution in [0.4, 0.5) is 0 Å². The minimum atomic E-state index is -1.89. The molecule has 0 atom stereocenters. The molecule has 2 aromatic carbocycles. The largest absolute Gasteiger partial charge is 0.211 e. The topological polar surface area (TPSA) is 0 Å². The molecule has 0 radical (unpaired) electrons. The Morgan fingerprint density at radius 1 is 0.556 bits per heavy atom. The lowest BCUT2D eigenvalue weighted by Crippen LogP contribution is -2.21. The third-order valence-corrected chi connectivity index (χ3v) is 6.04. The Hall–Kier alpha value is -2.22. The van der Waals surface area contributed by atoms with E-state index in [2.05, 4.69) is 126 Å². The highest BCUT2D eigenvalue weighted by Crippen LogP contribution is 2.23. The highest BCUT2D eigenvalue weighted by molar-refractivity contribution is 6.92. The molecule has 27 heavy (non-hydrogen) atoms. The summed E-state index contributed by atoms with van der Waals surface area (Å²) in [5.41, 5.74) is 12.1. The first-order valence-electron chi connectivity index (χ1n) is 9.64. The lowest BCUT2D eigenvalue weighted by atomic mass is 9.87. The van der Waals surface area contributed by atoms with E-state index < -0.39 is 8.07 Å². The Morgan fingerprint density at radius 3 is 1.11 bits per heavy atom. The van der Waals surface area contributed by atoms with E-state index in [1.165, 1.54) is 11.1 Å². The first-order chi connectivity index (χ1) is 12.4. The predicted molar refractivity (Wildman–Crippen MR) is 122 cm³/mol. The van der Waals surface area contributed by atoms with E-state index in [0.29, 0.717) is 0 Å². The van der Waals surface area contributed by atoms with E-state index in [4.69, 9.17) is 0 Å². The van der Waals surface area contributed by atoms with Gasteiger partial charge in [-0.1, -0.05) is 77.6 Å². The van der Waals surface area contributed by atoms with E-state index in [-0.39, 0.29) is 10.8 Å². The summed E-state index contributed by atoms with van der Waals surface area (Å²) in [5.74, 6) is 6.68. The zero-order valence-corrected chi connectivity index (χ0v) is 19.1. The van der Waals surface area contributed by atoms with Gasteiger partial charge in [0.15, 0.2) is 0 Å².